The van der Waals surface area contributed by atoms with Crippen LogP contribution < -0.4 is 51.4 Å². The first-order valence-electron chi connectivity index (χ1n) is 2.13. The molecule has 45 valence electrons. The molecule has 0 aromatic heterocycles. The molecule has 0 aliphatic carbocycles. The third kappa shape index (κ3) is 5.61. The molecule has 1 aromatic carbocycles. The fourth-order valence-corrected chi connectivity index (χ4v) is 0.428. The molecule has 0 saturated heterocycles. The average molecular weight is 189 g/mol. The third-order valence-corrected chi connectivity index (χ3v) is 0.756. The molecule has 0 atom stereocenters. The van der Waals surface area contributed by atoms with Crippen LogP contribution in [0.5, 0.6) is 5.75 Å². The Balaban J connectivity index is -0.000000163. The van der Waals surface area contributed by atoms with E-state index in [4.69, 9.17) is 5.11 Å². The maximum atomic E-state index is 8.63. The minimum atomic E-state index is 0. The number of benzene rings is 1. The first kappa shape index (κ1) is 12.8. The normalized spacial score (nSPS) is 6.67. The Hall–Kier alpha value is 1.18. The molecule has 0 aliphatic heterocycles. The second-order valence-electron chi connectivity index (χ2n) is 1.34. The van der Waals surface area contributed by atoms with Gasteiger partial charge >= 0.3 is 51.4 Å². The van der Waals surface area contributed by atoms with Gasteiger partial charge in [0.1, 0.15) is 5.75 Å². The van der Waals surface area contributed by atoms with E-state index in [-0.39, 0.29) is 69.9 Å². The summed E-state index contributed by atoms with van der Waals surface area (Å²) in [5.74, 6) is 0.322. The smallest absolute Gasteiger partial charge is 1.00 e. The van der Waals surface area contributed by atoms with Crippen molar-refractivity contribution in [1.82, 2.24) is 0 Å². The zero-order chi connectivity index (χ0) is 5.11. The molecule has 0 fully saturated rings. The topological polar surface area (TPSA) is 20.2 Å². The Morgan fingerprint density at radius 3 is 1.78 bits per heavy atom. The van der Waals surface area contributed by atoms with E-state index in [1.807, 2.05) is 6.07 Å². The Labute approximate surface area is 109 Å². The Bertz CT molecular complexity index is 148. The second kappa shape index (κ2) is 7.28. The summed E-state index contributed by atoms with van der Waals surface area (Å²) in [5.41, 5.74) is 0. The molecule has 1 aromatic rings. The molecule has 1 rings (SSSR count). The maximum Gasteiger partial charge on any atom is 1.00 e. The van der Waals surface area contributed by atoms with Gasteiger partial charge in [-0.05, 0) is 12.1 Å². The van der Waals surface area contributed by atoms with Crippen LogP contribution >= 0.6 is 0 Å². The van der Waals surface area contributed by atoms with Crippen molar-refractivity contribution in [3.05, 3.63) is 30.3 Å². The van der Waals surface area contributed by atoms with Gasteiger partial charge in [0.05, 0.1) is 0 Å². The van der Waals surface area contributed by atoms with Crippen LogP contribution in [0.15, 0.2) is 30.3 Å². The van der Waals surface area contributed by atoms with Gasteiger partial charge in [-0.1, -0.05) is 18.2 Å². The van der Waals surface area contributed by atoms with E-state index in [2.05, 4.69) is 0 Å². The number of phenols is 1. The predicted octanol–water partition coefficient (Wildman–Crippen LogP) is -1.49. The van der Waals surface area contributed by atoms with E-state index in [0.717, 1.165) is 0 Å². The molecular formula is C6H7KMnO. The standard InChI is InChI=1S/C6H6O.K.Mn.H/c7-6-4-2-1-3-5-6;;;/h1-5,7H;;;/q;+1;;-1. The van der Waals surface area contributed by atoms with E-state index < -0.39 is 0 Å². The summed E-state index contributed by atoms with van der Waals surface area (Å²) >= 11 is 0. The molecule has 0 aliphatic rings. The van der Waals surface area contributed by atoms with E-state index in [1.54, 1.807) is 24.3 Å². The summed E-state index contributed by atoms with van der Waals surface area (Å²) in [6, 6.07) is 8.71. The molecule has 0 spiro atoms. The Morgan fingerprint density at radius 1 is 1.11 bits per heavy atom. The second-order valence-corrected chi connectivity index (χ2v) is 1.34. The molecule has 0 unspecified atom stereocenters. The predicted molar refractivity (Wildman–Crippen MR) is 29.2 cm³/mol. The van der Waals surface area contributed by atoms with Gasteiger partial charge in [-0.15, -0.1) is 0 Å². The van der Waals surface area contributed by atoms with Gasteiger partial charge in [0.25, 0.3) is 0 Å². The van der Waals surface area contributed by atoms with E-state index >= 15 is 0 Å². The van der Waals surface area contributed by atoms with Crippen molar-refractivity contribution >= 4 is 0 Å². The number of para-hydroxylation sites is 1. The van der Waals surface area contributed by atoms with Crippen molar-refractivity contribution in [2.45, 2.75) is 0 Å². The van der Waals surface area contributed by atoms with Gasteiger partial charge in [0.15, 0.2) is 0 Å². The van der Waals surface area contributed by atoms with Crippen molar-refractivity contribution in [3.8, 4) is 5.75 Å². The van der Waals surface area contributed by atoms with Gasteiger partial charge in [-0.25, -0.2) is 0 Å². The third-order valence-electron chi connectivity index (χ3n) is 0.756. The van der Waals surface area contributed by atoms with E-state index in [1.165, 1.54) is 0 Å². The van der Waals surface area contributed by atoms with Gasteiger partial charge in [0, 0.05) is 17.1 Å². The molecule has 0 bridgehead atoms. The van der Waals surface area contributed by atoms with Gasteiger partial charge < -0.3 is 6.53 Å². The molecular weight excluding hydrogens is 182 g/mol. The van der Waals surface area contributed by atoms with Crippen molar-refractivity contribution in [2.75, 3.05) is 0 Å². The van der Waals surface area contributed by atoms with Crippen LogP contribution in [0.4, 0.5) is 0 Å². The minimum Gasteiger partial charge on any atom is -1.00 e. The zero-order valence-electron chi connectivity index (χ0n) is 6.21. The maximum absolute atomic E-state index is 8.63. The molecule has 0 heterocycles. The molecule has 9 heavy (non-hydrogen) atoms. The van der Waals surface area contributed by atoms with Crippen LogP contribution in [0, 0.1) is 0 Å². The van der Waals surface area contributed by atoms with E-state index in [9.17, 15) is 0 Å². The van der Waals surface area contributed by atoms with Crippen LogP contribution in [-0.2, 0) is 17.1 Å². The molecule has 0 amide bonds. The summed E-state index contributed by atoms with van der Waals surface area (Å²) in [5, 5.41) is 8.63. The average Bonchev–Trinajstić information content (AvgIpc) is 1.69. The van der Waals surface area contributed by atoms with Crippen LogP contribution in [0.25, 0.3) is 0 Å². The number of phenolic OH excluding ortho intramolecular Hbond substituents is 1. The fraction of sp³-hybridized carbons (Fsp3) is 0. The summed E-state index contributed by atoms with van der Waals surface area (Å²) in [7, 11) is 0. The first-order valence-corrected chi connectivity index (χ1v) is 2.13. The summed E-state index contributed by atoms with van der Waals surface area (Å²) in [6.07, 6.45) is 0. The Kier molecular flexibility index (Phi) is 10.4. The largest absolute Gasteiger partial charge is 1.00 e. The van der Waals surface area contributed by atoms with Crippen LogP contribution in [0.1, 0.15) is 1.43 Å². The molecule has 0 saturated carbocycles. The zero-order valence-corrected chi connectivity index (χ0v) is 9.52. The van der Waals surface area contributed by atoms with Crippen molar-refractivity contribution < 1.29 is 75.0 Å². The van der Waals surface area contributed by atoms with Gasteiger partial charge in [-0.3, -0.25) is 0 Å². The molecule has 3 heteroatoms. The number of hydrogen-bond donors (Lipinski definition) is 1. The van der Waals surface area contributed by atoms with Crippen LogP contribution in [0.2, 0.25) is 0 Å². The van der Waals surface area contributed by atoms with E-state index in [0.29, 0.717) is 5.75 Å². The van der Waals surface area contributed by atoms with Crippen LogP contribution in [0.3, 0.4) is 0 Å². The van der Waals surface area contributed by atoms with Gasteiger partial charge in [0.2, 0.25) is 0 Å². The number of hydrogen-bond acceptors (Lipinski definition) is 1. The minimum absolute atomic E-state index is 0. The fourth-order valence-electron chi connectivity index (χ4n) is 0.428. The molecule has 1 radical (unpaired) electrons. The van der Waals surface area contributed by atoms with Crippen molar-refractivity contribution in [2.24, 2.45) is 0 Å². The first-order chi connectivity index (χ1) is 3.39. The number of aromatic hydroxyl groups is 1. The summed E-state index contributed by atoms with van der Waals surface area (Å²) in [4.78, 5) is 0. The molecule has 1 N–H and O–H groups in total. The van der Waals surface area contributed by atoms with Crippen molar-refractivity contribution in [1.29, 1.82) is 0 Å². The summed E-state index contributed by atoms with van der Waals surface area (Å²) in [6.45, 7) is 0. The van der Waals surface area contributed by atoms with Gasteiger partial charge in [-0.2, -0.15) is 0 Å². The Morgan fingerprint density at radius 2 is 1.56 bits per heavy atom. The van der Waals surface area contributed by atoms with Crippen molar-refractivity contribution in [3.63, 3.8) is 0 Å². The quantitative estimate of drug-likeness (QED) is 0.493. The van der Waals surface area contributed by atoms with Crippen LogP contribution in [-0.4, -0.2) is 5.11 Å². The molecule has 1 nitrogen and oxygen atoms in total. The SMILES string of the molecule is Oc1ccccc1.[H-].[K+].[Mn]. The summed E-state index contributed by atoms with van der Waals surface area (Å²) < 4.78 is 0. The number of rotatable bonds is 0. The monoisotopic (exact) mass is 189 g/mol.